The molecule has 1 aromatic rings. The molecule has 1 fully saturated rings. The molecule has 19 heavy (non-hydrogen) atoms. The molecule has 1 saturated heterocycles. The number of hydrogen-bond acceptors (Lipinski definition) is 2. The average Bonchev–Trinajstić information content (AvgIpc) is 2.40. The van der Waals surface area contributed by atoms with Crippen molar-refractivity contribution >= 4 is 5.69 Å². The smallest absolute Gasteiger partial charge is 0.123 e. The Kier molecular flexibility index (Phi) is 5.20. The van der Waals surface area contributed by atoms with E-state index >= 15 is 0 Å². The van der Waals surface area contributed by atoms with Crippen LogP contribution in [0.5, 0.6) is 0 Å². The van der Waals surface area contributed by atoms with Crippen LogP contribution in [-0.2, 0) is 6.54 Å². The number of hydrogen-bond donors (Lipinski definition) is 1. The summed E-state index contributed by atoms with van der Waals surface area (Å²) in [6.07, 6.45) is 4.88. The van der Waals surface area contributed by atoms with Crippen LogP contribution in [0.25, 0.3) is 0 Å². The molecule has 1 unspecified atom stereocenters. The number of anilines is 1. The maximum Gasteiger partial charge on any atom is 0.123 e. The third-order valence-electron chi connectivity index (χ3n) is 3.90. The summed E-state index contributed by atoms with van der Waals surface area (Å²) in [6.45, 7) is 7.24. The van der Waals surface area contributed by atoms with Crippen LogP contribution in [0.3, 0.4) is 0 Å². The predicted octanol–water partition coefficient (Wildman–Crippen LogP) is 3.70. The van der Waals surface area contributed by atoms with Gasteiger partial charge in [-0.15, -0.1) is 0 Å². The van der Waals surface area contributed by atoms with Gasteiger partial charge in [0.05, 0.1) is 0 Å². The van der Waals surface area contributed by atoms with E-state index in [-0.39, 0.29) is 5.82 Å². The second kappa shape index (κ2) is 6.90. The summed E-state index contributed by atoms with van der Waals surface area (Å²) in [5.74, 6) is -0.137. The first-order valence-electron chi connectivity index (χ1n) is 7.48. The zero-order chi connectivity index (χ0) is 13.7. The Balaban J connectivity index is 2.17. The maximum atomic E-state index is 13.5. The summed E-state index contributed by atoms with van der Waals surface area (Å²) in [5, 5.41) is 3.38. The van der Waals surface area contributed by atoms with Crippen molar-refractivity contribution in [1.29, 1.82) is 0 Å². The molecule has 1 N–H and O–H groups in total. The molecule has 106 valence electrons. The van der Waals surface area contributed by atoms with Crippen LogP contribution in [0, 0.1) is 5.82 Å². The molecule has 0 amide bonds. The lowest BCUT2D eigenvalue weighted by atomic mass is 10.0. The number of nitrogens with one attached hydrogen (secondary N) is 1. The van der Waals surface area contributed by atoms with Gasteiger partial charge in [-0.2, -0.15) is 0 Å². The number of piperidine rings is 1. The Morgan fingerprint density at radius 1 is 1.37 bits per heavy atom. The molecule has 1 heterocycles. The standard InChI is InChI=1S/C16H25FN2/c1-3-9-18-12-14-11-15(17)7-8-16(14)19-10-5-4-6-13(19)2/h7-8,11,13,18H,3-6,9-10,12H2,1-2H3. The van der Waals surface area contributed by atoms with Gasteiger partial charge in [0, 0.05) is 24.8 Å². The van der Waals surface area contributed by atoms with Gasteiger partial charge in [-0.3, -0.25) is 0 Å². The highest BCUT2D eigenvalue weighted by atomic mass is 19.1. The molecule has 0 spiro atoms. The highest BCUT2D eigenvalue weighted by Gasteiger charge is 2.20. The third kappa shape index (κ3) is 3.69. The van der Waals surface area contributed by atoms with E-state index in [0.29, 0.717) is 6.04 Å². The van der Waals surface area contributed by atoms with Crippen molar-refractivity contribution in [3.05, 3.63) is 29.6 Å². The first-order valence-corrected chi connectivity index (χ1v) is 7.48. The van der Waals surface area contributed by atoms with Crippen LogP contribution in [0.15, 0.2) is 18.2 Å². The molecule has 0 aliphatic carbocycles. The fraction of sp³-hybridized carbons (Fsp3) is 0.625. The molecule has 1 atom stereocenters. The number of halogens is 1. The molecule has 1 aliphatic rings. The van der Waals surface area contributed by atoms with Crippen LogP contribution in [-0.4, -0.2) is 19.1 Å². The van der Waals surface area contributed by atoms with Gasteiger partial charge in [0.2, 0.25) is 0 Å². The van der Waals surface area contributed by atoms with Crippen molar-refractivity contribution in [1.82, 2.24) is 5.32 Å². The minimum Gasteiger partial charge on any atom is -0.369 e. The van der Waals surface area contributed by atoms with Gasteiger partial charge in [-0.1, -0.05) is 6.92 Å². The van der Waals surface area contributed by atoms with Crippen molar-refractivity contribution < 1.29 is 4.39 Å². The first kappa shape index (κ1) is 14.3. The van der Waals surface area contributed by atoms with E-state index in [1.54, 1.807) is 12.1 Å². The second-order valence-corrected chi connectivity index (χ2v) is 5.49. The quantitative estimate of drug-likeness (QED) is 0.816. The molecule has 1 aliphatic heterocycles. The summed E-state index contributed by atoms with van der Waals surface area (Å²) < 4.78 is 13.5. The van der Waals surface area contributed by atoms with E-state index in [1.807, 2.05) is 6.07 Å². The monoisotopic (exact) mass is 264 g/mol. The van der Waals surface area contributed by atoms with E-state index < -0.39 is 0 Å². The minimum absolute atomic E-state index is 0.137. The van der Waals surface area contributed by atoms with Crippen LogP contribution in [0.4, 0.5) is 10.1 Å². The molecule has 2 rings (SSSR count). The molecule has 0 radical (unpaired) electrons. The number of benzene rings is 1. The van der Waals surface area contributed by atoms with Crippen LogP contribution >= 0.6 is 0 Å². The van der Waals surface area contributed by atoms with E-state index in [0.717, 1.165) is 31.6 Å². The van der Waals surface area contributed by atoms with Gasteiger partial charge >= 0.3 is 0 Å². The Morgan fingerprint density at radius 2 is 2.21 bits per heavy atom. The Labute approximate surface area is 116 Å². The zero-order valence-corrected chi connectivity index (χ0v) is 12.1. The van der Waals surface area contributed by atoms with Crippen molar-refractivity contribution in [2.45, 2.75) is 52.1 Å². The lowest BCUT2D eigenvalue weighted by molar-refractivity contribution is 0.482. The highest BCUT2D eigenvalue weighted by molar-refractivity contribution is 5.55. The maximum absolute atomic E-state index is 13.5. The van der Waals surface area contributed by atoms with Crippen LogP contribution in [0.2, 0.25) is 0 Å². The molecule has 0 aromatic heterocycles. The van der Waals surface area contributed by atoms with Gasteiger partial charge in [-0.25, -0.2) is 4.39 Å². The predicted molar refractivity (Wildman–Crippen MR) is 79.1 cm³/mol. The SMILES string of the molecule is CCCNCc1cc(F)ccc1N1CCCCC1C. The van der Waals surface area contributed by atoms with E-state index in [2.05, 4.69) is 24.1 Å². The summed E-state index contributed by atoms with van der Waals surface area (Å²) in [5.41, 5.74) is 2.29. The van der Waals surface area contributed by atoms with Crippen molar-refractivity contribution in [3.8, 4) is 0 Å². The van der Waals surface area contributed by atoms with Gasteiger partial charge in [0.25, 0.3) is 0 Å². The molecule has 2 nitrogen and oxygen atoms in total. The molecule has 1 aromatic carbocycles. The lowest BCUT2D eigenvalue weighted by Crippen LogP contribution is -2.38. The number of rotatable bonds is 5. The molecule has 0 bridgehead atoms. The van der Waals surface area contributed by atoms with Crippen LogP contribution in [0.1, 0.15) is 45.1 Å². The summed E-state index contributed by atoms with van der Waals surface area (Å²) in [7, 11) is 0. The topological polar surface area (TPSA) is 15.3 Å². The molecular formula is C16H25FN2. The van der Waals surface area contributed by atoms with Crippen molar-refractivity contribution in [3.63, 3.8) is 0 Å². The second-order valence-electron chi connectivity index (χ2n) is 5.49. The van der Waals surface area contributed by atoms with E-state index in [4.69, 9.17) is 0 Å². The summed E-state index contributed by atoms with van der Waals surface area (Å²) in [4.78, 5) is 2.44. The first-order chi connectivity index (χ1) is 9.22. The van der Waals surface area contributed by atoms with Crippen LogP contribution < -0.4 is 10.2 Å². The number of nitrogens with zero attached hydrogens (tertiary/aromatic N) is 1. The molecule has 0 saturated carbocycles. The van der Waals surface area contributed by atoms with Gasteiger partial charge in [-0.05, 0) is 62.9 Å². The summed E-state index contributed by atoms with van der Waals surface area (Å²) >= 11 is 0. The van der Waals surface area contributed by atoms with E-state index in [9.17, 15) is 4.39 Å². The normalized spacial score (nSPS) is 19.7. The zero-order valence-electron chi connectivity index (χ0n) is 12.1. The molecule has 3 heteroatoms. The Hall–Kier alpha value is -1.09. The fourth-order valence-corrected chi connectivity index (χ4v) is 2.83. The molecular weight excluding hydrogens is 239 g/mol. The minimum atomic E-state index is -0.137. The van der Waals surface area contributed by atoms with Crippen molar-refractivity contribution in [2.24, 2.45) is 0 Å². The van der Waals surface area contributed by atoms with E-state index in [1.165, 1.54) is 24.9 Å². The van der Waals surface area contributed by atoms with Crippen molar-refractivity contribution in [2.75, 3.05) is 18.0 Å². The highest BCUT2D eigenvalue weighted by Crippen LogP contribution is 2.28. The van der Waals surface area contributed by atoms with Gasteiger partial charge in [0.15, 0.2) is 0 Å². The summed E-state index contributed by atoms with van der Waals surface area (Å²) in [6, 6.07) is 5.77. The Morgan fingerprint density at radius 3 is 2.95 bits per heavy atom. The van der Waals surface area contributed by atoms with Gasteiger partial charge in [0.1, 0.15) is 5.82 Å². The average molecular weight is 264 g/mol. The fourth-order valence-electron chi connectivity index (χ4n) is 2.83. The Bertz CT molecular complexity index is 406. The lowest BCUT2D eigenvalue weighted by Gasteiger charge is -2.36. The van der Waals surface area contributed by atoms with Gasteiger partial charge < -0.3 is 10.2 Å². The third-order valence-corrected chi connectivity index (χ3v) is 3.90. The largest absolute Gasteiger partial charge is 0.369 e.